The van der Waals surface area contributed by atoms with Gasteiger partial charge in [0.05, 0.1) is 29.2 Å². The Hall–Kier alpha value is -2.21. The van der Waals surface area contributed by atoms with Gasteiger partial charge < -0.3 is 10.4 Å². The number of hydrogen-bond donors (Lipinski definition) is 2. The molecule has 0 radical (unpaired) electrons. The fourth-order valence-electron chi connectivity index (χ4n) is 2.47. The lowest BCUT2D eigenvalue weighted by molar-refractivity contribution is 0.0919. The number of nitrogens with one attached hydrogen (secondary N) is 1. The van der Waals surface area contributed by atoms with Crippen LogP contribution >= 0.6 is 0 Å². The molecule has 5 nitrogen and oxygen atoms in total. The molecule has 2 rings (SSSR count). The van der Waals surface area contributed by atoms with E-state index in [1.807, 2.05) is 20.8 Å². The molecule has 0 fully saturated rings. The minimum absolute atomic E-state index is 0.161. The van der Waals surface area contributed by atoms with Gasteiger partial charge in [-0.25, -0.2) is 9.07 Å². The van der Waals surface area contributed by atoms with Gasteiger partial charge in [0.25, 0.3) is 5.91 Å². The topological polar surface area (TPSA) is 67.2 Å². The van der Waals surface area contributed by atoms with Crippen molar-refractivity contribution in [3.05, 3.63) is 47.5 Å². The molecule has 6 heteroatoms. The molecular weight excluding hydrogens is 309 g/mol. The third kappa shape index (κ3) is 4.20. The highest BCUT2D eigenvalue weighted by Gasteiger charge is 2.17. The van der Waals surface area contributed by atoms with Gasteiger partial charge in [-0.3, -0.25) is 4.79 Å². The molecule has 0 aliphatic rings. The number of nitrogens with zero attached hydrogens (tertiary/aromatic N) is 2. The second-order valence-corrected chi connectivity index (χ2v) is 6.10. The number of aliphatic hydroxyl groups excluding tert-OH is 1. The summed E-state index contributed by atoms with van der Waals surface area (Å²) in [6, 6.07) is 5.98. The molecule has 1 aromatic heterocycles. The van der Waals surface area contributed by atoms with Gasteiger partial charge in [-0.2, -0.15) is 5.10 Å². The average molecular weight is 333 g/mol. The van der Waals surface area contributed by atoms with Gasteiger partial charge in [0.2, 0.25) is 0 Å². The molecule has 1 amide bonds. The highest BCUT2D eigenvalue weighted by atomic mass is 19.1. The Balaban J connectivity index is 2.11. The van der Waals surface area contributed by atoms with Gasteiger partial charge in [-0.05, 0) is 43.0 Å². The van der Waals surface area contributed by atoms with Gasteiger partial charge in [-0.1, -0.05) is 20.8 Å². The van der Waals surface area contributed by atoms with E-state index in [4.69, 9.17) is 0 Å². The summed E-state index contributed by atoms with van der Waals surface area (Å²) in [5.74, 6) is -0.365. The lowest BCUT2D eigenvalue weighted by atomic mass is 10.0. The van der Waals surface area contributed by atoms with Crippen LogP contribution in [0.25, 0.3) is 5.69 Å². The van der Waals surface area contributed by atoms with E-state index in [9.17, 15) is 14.3 Å². The summed E-state index contributed by atoms with van der Waals surface area (Å²) in [6.45, 7) is 6.22. The third-order valence-corrected chi connectivity index (χ3v) is 4.01. The lowest BCUT2D eigenvalue weighted by Gasteiger charge is -2.14. The van der Waals surface area contributed by atoms with Gasteiger partial charge in [-0.15, -0.1) is 0 Å². The second kappa shape index (κ2) is 8.06. The first-order valence-corrected chi connectivity index (χ1v) is 8.23. The van der Waals surface area contributed by atoms with Crippen LogP contribution in [0.15, 0.2) is 30.5 Å². The number of aliphatic hydroxyl groups is 1. The molecule has 1 atom stereocenters. The molecule has 0 saturated heterocycles. The van der Waals surface area contributed by atoms with Crippen LogP contribution in [-0.2, 0) is 6.42 Å². The van der Waals surface area contributed by atoms with Crippen molar-refractivity contribution in [2.75, 3.05) is 6.54 Å². The van der Waals surface area contributed by atoms with Crippen LogP contribution in [0.1, 0.15) is 43.2 Å². The van der Waals surface area contributed by atoms with E-state index >= 15 is 0 Å². The molecule has 130 valence electrons. The Bertz CT molecular complexity index is 680. The summed E-state index contributed by atoms with van der Waals surface area (Å²) >= 11 is 0. The molecule has 0 spiro atoms. The SMILES string of the molecule is CCc1c(C(=O)NCCC(O)C(C)C)cnn1-c1ccc(F)cc1. The second-order valence-electron chi connectivity index (χ2n) is 6.10. The Labute approximate surface area is 141 Å². The number of amides is 1. The monoisotopic (exact) mass is 333 g/mol. The first-order valence-electron chi connectivity index (χ1n) is 8.23. The van der Waals surface area contributed by atoms with Crippen molar-refractivity contribution >= 4 is 5.91 Å². The zero-order chi connectivity index (χ0) is 17.7. The number of carbonyl (C=O) groups is 1. The normalized spacial score (nSPS) is 12.4. The minimum Gasteiger partial charge on any atom is -0.393 e. The number of benzene rings is 1. The summed E-state index contributed by atoms with van der Waals surface area (Å²) in [7, 11) is 0. The zero-order valence-electron chi connectivity index (χ0n) is 14.3. The quantitative estimate of drug-likeness (QED) is 0.819. The zero-order valence-corrected chi connectivity index (χ0v) is 14.3. The largest absolute Gasteiger partial charge is 0.393 e. The van der Waals surface area contributed by atoms with E-state index in [2.05, 4.69) is 10.4 Å². The first kappa shape index (κ1) is 18.1. The van der Waals surface area contributed by atoms with Crippen molar-refractivity contribution < 1.29 is 14.3 Å². The van der Waals surface area contributed by atoms with Gasteiger partial charge in [0.1, 0.15) is 5.82 Å². The Morgan fingerprint density at radius 1 is 1.33 bits per heavy atom. The van der Waals surface area contributed by atoms with E-state index in [1.54, 1.807) is 16.8 Å². The standard InChI is InChI=1S/C18H24FN3O2/c1-4-16-15(18(24)20-10-9-17(23)12(2)3)11-21-22(16)14-7-5-13(19)6-8-14/h5-8,11-12,17,23H,4,9-10H2,1-3H3,(H,20,24). The molecule has 0 aliphatic heterocycles. The van der Waals surface area contributed by atoms with E-state index < -0.39 is 6.10 Å². The van der Waals surface area contributed by atoms with Crippen LogP contribution in [0.4, 0.5) is 4.39 Å². The molecule has 24 heavy (non-hydrogen) atoms. The fourth-order valence-corrected chi connectivity index (χ4v) is 2.47. The lowest BCUT2D eigenvalue weighted by Crippen LogP contribution is -2.29. The van der Waals surface area contributed by atoms with E-state index in [-0.39, 0.29) is 17.6 Å². The number of carbonyl (C=O) groups excluding carboxylic acids is 1. The van der Waals surface area contributed by atoms with Gasteiger partial charge in [0, 0.05) is 6.54 Å². The van der Waals surface area contributed by atoms with Crippen molar-refractivity contribution in [3.63, 3.8) is 0 Å². The molecule has 0 bridgehead atoms. The maximum atomic E-state index is 13.1. The van der Waals surface area contributed by atoms with Gasteiger partial charge >= 0.3 is 0 Å². The smallest absolute Gasteiger partial charge is 0.254 e. The molecule has 2 N–H and O–H groups in total. The highest BCUT2D eigenvalue weighted by Crippen LogP contribution is 2.16. The summed E-state index contributed by atoms with van der Waals surface area (Å²) < 4.78 is 14.7. The Morgan fingerprint density at radius 2 is 2.00 bits per heavy atom. The number of aromatic nitrogens is 2. The summed E-state index contributed by atoms with van der Waals surface area (Å²) in [6.07, 6.45) is 2.22. The maximum Gasteiger partial charge on any atom is 0.254 e. The van der Waals surface area contributed by atoms with Crippen molar-refractivity contribution in [3.8, 4) is 5.69 Å². The molecule has 1 heterocycles. The highest BCUT2D eigenvalue weighted by molar-refractivity contribution is 5.95. The number of halogens is 1. The summed E-state index contributed by atoms with van der Waals surface area (Å²) in [4.78, 5) is 12.4. The number of rotatable bonds is 7. The molecule has 0 saturated carbocycles. The summed E-state index contributed by atoms with van der Waals surface area (Å²) in [5.41, 5.74) is 1.98. The van der Waals surface area contributed by atoms with Crippen molar-refractivity contribution in [2.24, 2.45) is 5.92 Å². The number of hydrogen-bond acceptors (Lipinski definition) is 3. The third-order valence-electron chi connectivity index (χ3n) is 4.01. The van der Waals surface area contributed by atoms with Crippen LogP contribution < -0.4 is 5.32 Å². The van der Waals surface area contributed by atoms with Crippen LogP contribution in [0.3, 0.4) is 0 Å². The van der Waals surface area contributed by atoms with Crippen LogP contribution in [0.2, 0.25) is 0 Å². The molecular formula is C18H24FN3O2. The van der Waals surface area contributed by atoms with Crippen molar-refractivity contribution in [1.82, 2.24) is 15.1 Å². The summed E-state index contributed by atoms with van der Waals surface area (Å²) in [5, 5.41) is 16.9. The fraction of sp³-hybridized carbons (Fsp3) is 0.444. The molecule has 2 aromatic rings. The Kier molecular flexibility index (Phi) is 6.09. The Morgan fingerprint density at radius 3 is 2.58 bits per heavy atom. The molecule has 1 unspecified atom stereocenters. The predicted molar refractivity (Wildman–Crippen MR) is 90.7 cm³/mol. The average Bonchev–Trinajstić information content (AvgIpc) is 2.99. The van der Waals surface area contributed by atoms with E-state index in [0.29, 0.717) is 30.6 Å². The van der Waals surface area contributed by atoms with Crippen molar-refractivity contribution in [1.29, 1.82) is 0 Å². The van der Waals surface area contributed by atoms with E-state index in [1.165, 1.54) is 18.3 Å². The van der Waals surface area contributed by atoms with Crippen LogP contribution in [0.5, 0.6) is 0 Å². The first-order chi connectivity index (χ1) is 11.4. The van der Waals surface area contributed by atoms with Gasteiger partial charge in [0.15, 0.2) is 0 Å². The van der Waals surface area contributed by atoms with Crippen molar-refractivity contribution in [2.45, 2.75) is 39.7 Å². The maximum absolute atomic E-state index is 13.1. The minimum atomic E-state index is -0.433. The predicted octanol–water partition coefficient (Wildman–Crippen LogP) is 2.71. The molecule has 0 aliphatic carbocycles. The molecule has 1 aromatic carbocycles. The van der Waals surface area contributed by atoms with E-state index in [0.717, 1.165) is 5.69 Å². The van der Waals surface area contributed by atoms with Crippen LogP contribution in [-0.4, -0.2) is 33.4 Å². The van der Waals surface area contributed by atoms with Crippen LogP contribution in [0, 0.1) is 11.7 Å².